The molecule has 0 amide bonds. The highest BCUT2D eigenvalue weighted by Crippen LogP contribution is 2.24. The Balaban J connectivity index is 1.16. The minimum absolute atomic E-state index is 0.131. The molecule has 0 spiro atoms. The summed E-state index contributed by atoms with van der Waals surface area (Å²) in [5.41, 5.74) is 4.07. The summed E-state index contributed by atoms with van der Waals surface area (Å²) in [6.07, 6.45) is 2.28. The lowest BCUT2D eigenvalue weighted by Crippen LogP contribution is -2.49. The van der Waals surface area contributed by atoms with Crippen LogP contribution in [0.4, 0.5) is 0 Å². The molecule has 3 heterocycles. The molecule has 0 bridgehead atoms. The van der Waals surface area contributed by atoms with E-state index in [1.165, 1.54) is 0 Å². The number of benzene rings is 2. The molecular weight excluding hydrogens is 448 g/mol. The number of nitrogens with one attached hydrogen (secondary N) is 2. The first kappa shape index (κ1) is 23.1. The molecule has 2 aromatic heterocycles. The van der Waals surface area contributed by atoms with Crippen molar-refractivity contribution >= 4 is 33.7 Å². The number of aromatic amines is 2. The number of carbonyl (C=O) groups is 2. The van der Waals surface area contributed by atoms with E-state index in [1.54, 1.807) is 0 Å². The minimum atomic E-state index is -1.34. The van der Waals surface area contributed by atoms with Gasteiger partial charge in [0.2, 0.25) is 0 Å². The van der Waals surface area contributed by atoms with Gasteiger partial charge in [0.05, 0.1) is 6.61 Å². The van der Waals surface area contributed by atoms with Crippen LogP contribution < -0.4 is 0 Å². The molecule has 2 aromatic carbocycles. The van der Waals surface area contributed by atoms with Crippen LogP contribution in [0.15, 0.2) is 60.9 Å². The van der Waals surface area contributed by atoms with Gasteiger partial charge in [-0.05, 0) is 36.1 Å². The molecule has 1 unspecified atom stereocenters. The Kier molecular flexibility index (Phi) is 6.83. The van der Waals surface area contributed by atoms with Gasteiger partial charge in [0.15, 0.2) is 12.4 Å². The van der Waals surface area contributed by atoms with Gasteiger partial charge in [0.25, 0.3) is 0 Å². The van der Waals surface area contributed by atoms with Crippen LogP contribution in [0.5, 0.6) is 0 Å². The molecular formula is C27H28N2O6. The van der Waals surface area contributed by atoms with Gasteiger partial charge >= 0.3 is 11.9 Å². The largest absolute Gasteiger partial charge is 0.458 e. The molecule has 0 saturated carbocycles. The highest BCUT2D eigenvalue weighted by atomic mass is 16.7. The SMILES string of the molecule is O=C(CCc1c[nH]c2ccccc12)O[C@@H]1CCOC(O)[C@@H]1OC(=O)CCc1c[nH]c2ccccc12. The topological polar surface area (TPSA) is 114 Å². The number of aliphatic hydroxyl groups excluding tert-OH is 1. The van der Waals surface area contributed by atoms with Crippen molar-refractivity contribution in [2.24, 2.45) is 0 Å². The van der Waals surface area contributed by atoms with Crippen LogP contribution in [0.25, 0.3) is 21.8 Å². The lowest BCUT2D eigenvalue weighted by Gasteiger charge is -2.34. The van der Waals surface area contributed by atoms with Gasteiger partial charge in [-0.1, -0.05) is 36.4 Å². The summed E-state index contributed by atoms with van der Waals surface area (Å²) in [6.45, 7) is 0.213. The molecule has 8 heteroatoms. The fraction of sp³-hybridized carbons (Fsp3) is 0.333. The first-order valence-electron chi connectivity index (χ1n) is 11.9. The molecule has 3 N–H and O–H groups in total. The number of H-pyrrole nitrogens is 2. The molecule has 35 heavy (non-hydrogen) atoms. The number of esters is 2. The third-order valence-corrected chi connectivity index (χ3v) is 6.44. The summed E-state index contributed by atoms with van der Waals surface area (Å²) in [6, 6.07) is 15.8. The first-order valence-corrected chi connectivity index (χ1v) is 11.9. The van der Waals surface area contributed by atoms with E-state index in [9.17, 15) is 14.7 Å². The second-order valence-electron chi connectivity index (χ2n) is 8.75. The van der Waals surface area contributed by atoms with E-state index in [2.05, 4.69) is 9.97 Å². The Morgan fingerprint density at radius 3 is 2.00 bits per heavy atom. The van der Waals surface area contributed by atoms with Crippen LogP contribution in [-0.4, -0.2) is 52.1 Å². The number of hydrogen-bond donors (Lipinski definition) is 3. The van der Waals surface area contributed by atoms with Crippen LogP contribution in [0.1, 0.15) is 30.4 Å². The van der Waals surface area contributed by atoms with Gasteiger partial charge in [0, 0.05) is 53.5 Å². The predicted molar refractivity (Wildman–Crippen MR) is 130 cm³/mol. The van der Waals surface area contributed by atoms with E-state index in [0.717, 1.165) is 32.9 Å². The average Bonchev–Trinajstić information content (AvgIpc) is 3.48. The van der Waals surface area contributed by atoms with E-state index in [-0.39, 0.29) is 19.4 Å². The van der Waals surface area contributed by atoms with E-state index in [4.69, 9.17) is 14.2 Å². The highest BCUT2D eigenvalue weighted by molar-refractivity contribution is 5.84. The predicted octanol–water partition coefficient (Wildman–Crippen LogP) is 3.78. The number of fused-ring (bicyclic) bond motifs is 2. The molecule has 1 aliphatic rings. The number of aromatic nitrogens is 2. The first-order chi connectivity index (χ1) is 17.1. The molecule has 182 valence electrons. The number of aliphatic hydroxyl groups is 1. The maximum Gasteiger partial charge on any atom is 0.306 e. The molecule has 0 aliphatic carbocycles. The molecule has 1 aliphatic heterocycles. The van der Waals surface area contributed by atoms with E-state index >= 15 is 0 Å². The molecule has 0 radical (unpaired) electrons. The Morgan fingerprint density at radius 2 is 1.40 bits per heavy atom. The lowest BCUT2D eigenvalue weighted by molar-refractivity contribution is -0.239. The summed E-state index contributed by atoms with van der Waals surface area (Å²) in [4.78, 5) is 31.6. The summed E-state index contributed by atoms with van der Waals surface area (Å²) < 4.78 is 16.4. The molecule has 1 saturated heterocycles. The van der Waals surface area contributed by atoms with E-state index < -0.39 is 30.4 Å². The van der Waals surface area contributed by atoms with Gasteiger partial charge in [-0.15, -0.1) is 0 Å². The molecule has 3 atom stereocenters. The monoisotopic (exact) mass is 476 g/mol. The van der Waals surface area contributed by atoms with Gasteiger partial charge in [-0.2, -0.15) is 0 Å². The van der Waals surface area contributed by atoms with Crippen LogP contribution >= 0.6 is 0 Å². The van der Waals surface area contributed by atoms with Gasteiger partial charge in [-0.25, -0.2) is 0 Å². The van der Waals surface area contributed by atoms with Crippen molar-refractivity contribution in [2.75, 3.05) is 6.61 Å². The van der Waals surface area contributed by atoms with E-state index in [0.29, 0.717) is 19.3 Å². The average molecular weight is 477 g/mol. The van der Waals surface area contributed by atoms with Crippen LogP contribution in [-0.2, 0) is 36.6 Å². The van der Waals surface area contributed by atoms with Crippen LogP contribution in [0, 0.1) is 0 Å². The van der Waals surface area contributed by atoms with Crippen molar-refractivity contribution in [1.29, 1.82) is 0 Å². The summed E-state index contributed by atoms with van der Waals surface area (Å²) in [7, 11) is 0. The number of ether oxygens (including phenoxy) is 3. The van der Waals surface area contributed by atoms with Crippen molar-refractivity contribution in [1.82, 2.24) is 9.97 Å². The third-order valence-electron chi connectivity index (χ3n) is 6.44. The standard InChI is InChI=1S/C27H28N2O6/c30-24(11-9-17-15-28-21-7-3-1-5-19(17)21)34-23-13-14-33-27(32)26(23)35-25(31)12-10-18-16-29-22-8-4-2-6-20(18)22/h1-8,15-16,23,26-29,32H,9-14H2/t23-,26-,27?/m1/s1. The highest BCUT2D eigenvalue weighted by Gasteiger charge is 2.38. The zero-order chi connectivity index (χ0) is 24.2. The third kappa shape index (κ3) is 5.23. The Bertz CT molecular complexity index is 1330. The molecule has 5 rings (SSSR count). The maximum atomic E-state index is 12.6. The number of aryl methyl sites for hydroxylation is 2. The summed E-state index contributed by atoms with van der Waals surface area (Å²) in [5.74, 6) is -0.890. The van der Waals surface area contributed by atoms with Crippen molar-refractivity contribution in [3.05, 3.63) is 72.1 Å². The van der Waals surface area contributed by atoms with Gasteiger partial charge in [-0.3, -0.25) is 9.59 Å². The Morgan fingerprint density at radius 1 is 0.857 bits per heavy atom. The summed E-state index contributed by atoms with van der Waals surface area (Å²) in [5, 5.41) is 12.4. The molecule has 1 fully saturated rings. The van der Waals surface area contributed by atoms with Crippen molar-refractivity contribution in [3.63, 3.8) is 0 Å². The lowest BCUT2D eigenvalue weighted by atomic mass is 10.1. The number of hydrogen-bond acceptors (Lipinski definition) is 6. The second kappa shape index (κ2) is 10.3. The van der Waals surface area contributed by atoms with Crippen molar-refractivity contribution < 1.29 is 28.9 Å². The minimum Gasteiger partial charge on any atom is -0.458 e. The number of carbonyl (C=O) groups excluding carboxylic acids is 2. The quantitative estimate of drug-likeness (QED) is 0.334. The fourth-order valence-corrected chi connectivity index (χ4v) is 4.60. The Labute approximate surface area is 202 Å². The number of para-hydroxylation sites is 2. The van der Waals surface area contributed by atoms with Crippen molar-refractivity contribution in [3.8, 4) is 0 Å². The van der Waals surface area contributed by atoms with Crippen LogP contribution in [0.3, 0.4) is 0 Å². The summed E-state index contributed by atoms with van der Waals surface area (Å²) >= 11 is 0. The maximum absolute atomic E-state index is 12.6. The van der Waals surface area contributed by atoms with Gasteiger partial charge in [0.1, 0.15) is 6.10 Å². The number of rotatable bonds is 8. The smallest absolute Gasteiger partial charge is 0.306 e. The van der Waals surface area contributed by atoms with Crippen LogP contribution in [0.2, 0.25) is 0 Å². The molecule has 8 nitrogen and oxygen atoms in total. The Hall–Kier alpha value is -3.62. The second-order valence-corrected chi connectivity index (χ2v) is 8.75. The van der Waals surface area contributed by atoms with E-state index in [1.807, 2.05) is 60.9 Å². The zero-order valence-electron chi connectivity index (χ0n) is 19.2. The zero-order valence-corrected chi connectivity index (χ0v) is 19.2. The van der Waals surface area contributed by atoms with Crippen molar-refractivity contribution in [2.45, 2.75) is 50.6 Å². The fourth-order valence-electron chi connectivity index (χ4n) is 4.60. The van der Waals surface area contributed by atoms with Gasteiger partial charge < -0.3 is 29.3 Å². The normalized spacial score (nSPS) is 20.2. The molecule has 4 aromatic rings.